The van der Waals surface area contributed by atoms with Crippen LogP contribution in [0, 0.1) is 0 Å². The van der Waals surface area contributed by atoms with Crippen LogP contribution < -0.4 is 0 Å². The van der Waals surface area contributed by atoms with Crippen LogP contribution in [0.1, 0.15) is 0 Å². The molecule has 0 unspecified atom stereocenters. The van der Waals surface area contributed by atoms with Crippen molar-refractivity contribution in [2.24, 2.45) is 4.36 Å². The molecule has 0 aliphatic carbocycles. The minimum atomic E-state index is -0.502. The number of aromatic nitrogens is 2. The molecule has 0 aliphatic heterocycles. The minimum absolute atomic E-state index is 0.114. The van der Waals surface area contributed by atoms with Gasteiger partial charge in [0.2, 0.25) is 5.28 Å². The van der Waals surface area contributed by atoms with E-state index in [1.807, 2.05) is 60.7 Å². The second kappa shape index (κ2) is 7.01. The van der Waals surface area contributed by atoms with E-state index in [-0.39, 0.29) is 10.4 Å². The van der Waals surface area contributed by atoms with Crippen LogP contribution in [0.2, 0.25) is 10.4 Å². The zero-order valence-corrected chi connectivity index (χ0v) is 13.7. The molecule has 6 heteroatoms. The summed E-state index contributed by atoms with van der Waals surface area (Å²) in [6.07, 6.45) is 1.55. The molecule has 0 saturated carbocycles. The van der Waals surface area contributed by atoms with E-state index in [4.69, 9.17) is 27.6 Å². The van der Waals surface area contributed by atoms with Gasteiger partial charge in [-0.3, -0.25) is 0 Å². The van der Waals surface area contributed by atoms with Crippen LogP contribution in [-0.2, 0) is 10.7 Å². The normalized spacial score (nSPS) is 10.7. The van der Waals surface area contributed by atoms with E-state index in [2.05, 4.69) is 9.97 Å². The molecule has 1 heterocycles. The number of hydrogen-bond donors (Lipinski definition) is 0. The average Bonchev–Trinajstić information content (AvgIpc) is 2.56. The Balaban J connectivity index is 2.15. The van der Waals surface area contributed by atoms with Crippen molar-refractivity contribution < 1.29 is 0 Å². The lowest BCUT2D eigenvalue weighted by Gasteiger charge is -2.09. The molecule has 3 nitrogen and oxygen atoms in total. The molecule has 0 radical (unpaired) electrons. The Morgan fingerprint density at radius 3 is 1.86 bits per heavy atom. The lowest BCUT2D eigenvalue weighted by atomic mass is 10.4. The summed E-state index contributed by atoms with van der Waals surface area (Å²) in [7, 11) is -0.502. The molecule has 0 amide bonds. The zero-order chi connectivity index (χ0) is 15.4. The Labute approximate surface area is 141 Å². The number of benzene rings is 2. The number of rotatable bonds is 3. The molecule has 0 N–H and O–H groups in total. The fourth-order valence-corrected chi connectivity index (χ4v) is 3.88. The van der Waals surface area contributed by atoms with Gasteiger partial charge < -0.3 is 0 Å². The fraction of sp³-hybridized carbons (Fsp3) is 0. The van der Waals surface area contributed by atoms with Gasteiger partial charge in [0.15, 0.2) is 5.15 Å². The molecule has 0 fully saturated rings. The first kappa shape index (κ1) is 15.2. The highest BCUT2D eigenvalue weighted by atomic mass is 35.5. The molecule has 0 atom stereocenters. The molecule has 0 spiro atoms. The van der Waals surface area contributed by atoms with E-state index in [0.717, 1.165) is 9.79 Å². The van der Waals surface area contributed by atoms with Crippen LogP contribution in [0.15, 0.2) is 81.0 Å². The number of hydrogen-bond acceptors (Lipinski definition) is 3. The summed E-state index contributed by atoms with van der Waals surface area (Å²) in [6, 6.07) is 20.1. The Hall–Kier alpha value is -1.75. The van der Waals surface area contributed by atoms with Gasteiger partial charge in [0.25, 0.3) is 0 Å². The molecule has 0 aliphatic rings. The first-order valence-corrected chi connectivity index (χ1v) is 8.42. The molecule has 3 aromatic rings. The van der Waals surface area contributed by atoms with Gasteiger partial charge in [-0.1, -0.05) is 48.0 Å². The van der Waals surface area contributed by atoms with Crippen molar-refractivity contribution in [3.63, 3.8) is 0 Å². The standard InChI is InChI=1S/C16H11Cl2N3S/c17-15-14(11-19-16(18)20-15)21-22(12-7-3-1-4-8-12)13-9-5-2-6-10-13/h1-11H. The largest absolute Gasteiger partial charge is 0.224 e. The monoisotopic (exact) mass is 347 g/mol. The summed E-state index contributed by atoms with van der Waals surface area (Å²) in [5.74, 6) is 0. The fourth-order valence-electron chi connectivity index (χ4n) is 1.83. The summed E-state index contributed by atoms with van der Waals surface area (Å²) in [5.41, 5.74) is 0.530. The van der Waals surface area contributed by atoms with E-state index in [1.54, 1.807) is 6.20 Å². The smallest absolute Gasteiger partial charge is 0.223 e. The van der Waals surface area contributed by atoms with Gasteiger partial charge in [0.1, 0.15) is 5.69 Å². The Bertz CT molecular complexity index is 767. The lowest BCUT2D eigenvalue weighted by Crippen LogP contribution is -1.93. The van der Waals surface area contributed by atoms with E-state index in [1.165, 1.54) is 0 Å². The predicted octanol–water partition coefficient (Wildman–Crippen LogP) is 5.34. The molecule has 22 heavy (non-hydrogen) atoms. The maximum absolute atomic E-state index is 6.12. The van der Waals surface area contributed by atoms with Gasteiger partial charge in [-0.05, 0) is 46.6 Å². The summed E-state index contributed by atoms with van der Waals surface area (Å²) in [5, 5.41) is 0.368. The van der Waals surface area contributed by atoms with E-state index >= 15 is 0 Å². The van der Waals surface area contributed by atoms with Crippen LogP contribution >= 0.6 is 23.2 Å². The van der Waals surface area contributed by atoms with Gasteiger partial charge in [-0.25, -0.2) is 14.3 Å². The molecule has 110 valence electrons. The highest BCUT2D eigenvalue weighted by Crippen LogP contribution is 2.28. The number of halogens is 2. The maximum atomic E-state index is 6.12. The lowest BCUT2D eigenvalue weighted by molar-refractivity contribution is 1.16. The van der Waals surface area contributed by atoms with Gasteiger partial charge in [-0.2, -0.15) is 0 Å². The van der Waals surface area contributed by atoms with Crippen LogP contribution in [0.5, 0.6) is 0 Å². The van der Waals surface area contributed by atoms with Gasteiger partial charge in [-0.15, -0.1) is 0 Å². The summed E-state index contributed by atoms with van der Waals surface area (Å²) < 4.78 is 4.75. The minimum Gasteiger partial charge on any atom is -0.224 e. The summed E-state index contributed by atoms with van der Waals surface area (Å²) >= 11 is 11.9. The van der Waals surface area contributed by atoms with Gasteiger partial charge >= 0.3 is 0 Å². The topological polar surface area (TPSA) is 38.1 Å². The van der Waals surface area contributed by atoms with E-state index < -0.39 is 10.7 Å². The van der Waals surface area contributed by atoms with E-state index in [9.17, 15) is 0 Å². The molecule has 3 rings (SSSR count). The summed E-state index contributed by atoms with van der Waals surface area (Å²) in [6.45, 7) is 0. The van der Waals surface area contributed by atoms with Crippen molar-refractivity contribution in [2.45, 2.75) is 9.79 Å². The maximum Gasteiger partial charge on any atom is 0.223 e. The van der Waals surface area contributed by atoms with Crippen LogP contribution in [0.3, 0.4) is 0 Å². The SMILES string of the molecule is Clc1ncc(N=S(c2ccccc2)c2ccccc2)c(Cl)n1. The Kier molecular flexibility index (Phi) is 4.83. The zero-order valence-electron chi connectivity index (χ0n) is 11.4. The van der Waals surface area contributed by atoms with Crippen molar-refractivity contribution in [1.82, 2.24) is 9.97 Å². The first-order chi connectivity index (χ1) is 10.7. The van der Waals surface area contributed by atoms with Crippen LogP contribution in [-0.4, -0.2) is 9.97 Å². The van der Waals surface area contributed by atoms with Crippen molar-refractivity contribution in [2.75, 3.05) is 0 Å². The third-order valence-corrected chi connectivity index (χ3v) is 5.09. The van der Waals surface area contributed by atoms with E-state index in [0.29, 0.717) is 5.69 Å². The van der Waals surface area contributed by atoms with Crippen molar-refractivity contribution in [1.29, 1.82) is 0 Å². The third kappa shape index (κ3) is 3.53. The molecular formula is C16H11Cl2N3S. The van der Waals surface area contributed by atoms with Crippen LogP contribution in [0.4, 0.5) is 5.69 Å². The van der Waals surface area contributed by atoms with Crippen LogP contribution in [0.25, 0.3) is 0 Å². The first-order valence-electron chi connectivity index (χ1n) is 6.48. The Morgan fingerprint density at radius 1 is 0.818 bits per heavy atom. The molecule has 0 saturated heterocycles. The highest BCUT2D eigenvalue weighted by molar-refractivity contribution is 7.87. The van der Waals surface area contributed by atoms with Crippen molar-refractivity contribution in [3.05, 3.63) is 77.3 Å². The average molecular weight is 348 g/mol. The highest BCUT2D eigenvalue weighted by Gasteiger charge is 2.08. The second-order valence-electron chi connectivity index (χ2n) is 4.32. The molecule has 2 aromatic carbocycles. The summed E-state index contributed by atoms with van der Waals surface area (Å²) in [4.78, 5) is 10.1. The number of nitrogens with zero attached hydrogens (tertiary/aromatic N) is 3. The third-order valence-electron chi connectivity index (χ3n) is 2.82. The van der Waals surface area contributed by atoms with Crippen molar-refractivity contribution >= 4 is 39.6 Å². The molecular weight excluding hydrogens is 337 g/mol. The van der Waals surface area contributed by atoms with Crippen molar-refractivity contribution in [3.8, 4) is 0 Å². The predicted molar refractivity (Wildman–Crippen MR) is 90.9 cm³/mol. The Morgan fingerprint density at radius 2 is 1.36 bits per heavy atom. The molecule has 1 aromatic heterocycles. The van der Waals surface area contributed by atoms with Gasteiger partial charge in [0, 0.05) is 9.79 Å². The van der Waals surface area contributed by atoms with Gasteiger partial charge in [0.05, 0.1) is 6.20 Å². The quantitative estimate of drug-likeness (QED) is 0.474. The second-order valence-corrected chi connectivity index (χ2v) is 6.71. The molecule has 0 bridgehead atoms.